The first-order valence-electron chi connectivity index (χ1n) is 6.21. The van der Waals surface area contributed by atoms with Crippen LogP contribution in [-0.4, -0.2) is 37.0 Å². The molecule has 6 nitrogen and oxygen atoms in total. The SMILES string of the molecule is COc1cccc(OC)c1C=O.O=Cc1c(O)cccc1O. The molecule has 0 aliphatic carbocycles. The van der Waals surface area contributed by atoms with Crippen molar-refractivity contribution in [2.45, 2.75) is 0 Å². The van der Waals surface area contributed by atoms with Gasteiger partial charge in [0.2, 0.25) is 0 Å². The monoisotopic (exact) mass is 304 g/mol. The fraction of sp³-hybridized carbons (Fsp3) is 0.125. The fourth-order valence-electron chi connectivity index (χ4n) is 1.66. The standard InChI is InChI=1S/C9H10O3.C7H6O3/c1-11-8-4-3-5-9(12-2)7(8)6-10;8-4-5-6(9)2-1-3-7(5)10/h3-6H,1-2H3;1-4,9-10H. The summed E-state index contributed by atoms with van der Waals surface area (Å²) in [6.07, 6.45) is 1.13. The van der Waals surface area contributed by atoms with Crippen molar-refractivity contribution in [3.8, 4) is 23.0 Å². The van der Waals surface area contributed by atoms with Gasteiger partial charge in [-0.05, 0) is 24.3 Å². The topological polar surface area (TPSA) is 93.1 Å². The Labute approximate surface area is 127 Å². The molecule has 2 aromatic rings. The molecule has 0 bridgehead atoms. The molecule has 0 radical (unpaired) electrons. The van der Waals surface area contributed by atoms with Gasteiger partial charge < -0.3 is 19.7 Å². The quantitative estimate of drug-likeness (QED) is 0.843. The highest BCUT2D eigenvalue weighted by atomic mass is 16.5. The van der Waals surface area contributed by atoms with Crippen LogP contribution in [0.15, 0.2) is 36.4 Å². The summed E-state index contributed by atoms with van der Waals surface area (Å²) in [5.74, 6) is 0.665. The van der Waals surface area contributed by atoms with Crippen molar-refractivity contribution in [3.05, 3.63) is 47.5 Å². The molecule has 0 aromatic heterocycles. The van der Waals surface area contributed by atoms with Crippen molar-refractivity contribution in [2.75, 3.05) is 14.2 Å². The summed E-state index contributed by atoms with van der Waals surface area (Å²) in [6, 6.07) is 9.33. The van der Waals surface area contributed by atoms with E-state index in [2.05, 4.69) is 0 Å². The molecule has 0 saturated carbocycles. The Morgan fingerprint density at radius 3 is 1.50 bits per heavy atom. The van der Waals surface area contributed by atoms with E-state index in [9.17, 15) is 9.59 Å². The number of aromatic hydroxyl groups is 2. The fourth-order valence-corrected chi connectivity index (χ4v) is 1.66. The number of ether oxygens (including phenoxy) is 2. The van der Waals surface area contributed by atoms with Crippen molar-refractivity contribution in [2.24, 2.45) is 0 Å². The number of phenols is 2. The Bertz CT molecular complexity index is 609. The first-order valence-corrected chi connectivity index (χ1v) is 6.21. The Hall–Kier alpha value is -3.02. The van der Waals surface area contributed by atoms with E-state index in [1.165, 1.54) is 32.4 Å². The summed E-state index contributed by atoms with van der Waals surface area (Å²) in [4.78, 5) is 20.7. The van der Waals surface area contributed by atoms with Gasteiger partial charge in [-0.15, -0.1) is 0 Å². The van der Waals surface area contributed by atoms with Gasteiger partial charge in [-0.25, -0.2) is 0 Å². The third-order valence-electron chi connectivity index (χ3n) is 2.76. The van der Waals surface area contributed by atoms with E-state index in [1.807, 2.05) is 0 Å². The van der Waals surface area contributed by atoms with Crippen LogP contribution in [0, 0.1) is 0 Å². The van der Waals surface area contributed by atoms with Crippen molar-refractivity contribution < 1.29 is 29.3 Å². The molecule has 2 aromatic carbocycles. The second-order valence-electron chi connectivity index (χ2n) is 4.02. The first-order chi connectivity index (χ1) is 10.6. The minimum absolute atomic E-state index is 0.0671. The Morgan fingerprint density at radius 2 is 1.18 bits per heavy atom. The van der Waals surface area contributed by atoms with Gasteiger partial charge in [0.15, 0.2) is 12.6 Å². The highest BCUT2D eigenvalue weighted by Gasteiger charge is 2.07. The highest BCUT2D eigenvalue weighted by Crippen LogP contribution is 2.25. The van der Waals surface area contributed by atoms with Gasteiger partial charge in [-0.2, -0.15) is 0 Å². The lowest BCUT2D eigenvalue weighted by Gasteiger charge is -2.06. The molecule has 2 rings (SSSR count). The number of methoxy groups -OCH3 is 2. The number of aldehydes is 2. The molecule has 0 aliphatic rings. The first kappa shape index (κ1) is 17.0. The molecule has 0 amide bonds. The molecule has 0 aliphatic heterocycles. The molecular formula is C16H16O6. The molecule has 0 saturated heterocycles. The molecule has 0 unspecified atom stereocenters. The third-order valence-corrected chi connectivity index (χ3v) is 2.76. The van der Waals surface area contributed by atoms with E-state index in [0.29, 0.717) is 23.3 Å². The van der Waals surface area contributed by atoms with Crippen LogP contribution in [0.1, 0.15) is 20.7 Å². The van der Waals surface area contributed by atoms with Gasteiger partial charge in [-0.1, -0.05) is 12.1 Å². The summed E-state index contributed by atoms with van der Waals surface area (Å²) in [5.41, 5.74) is 0.380. The summed E-state index contributed by atoms with van der Waals surface area (Å²) < 4.78 is 9.93. The summed E-state index contributed by atoms with van der Waals surface area (Å²) in [5, 5.41) is 17.8. The van der Waals surface area contributed by atoms with E-state index in [4.69, 9.17) is 19.7 Å². The minimum Gasteiger partial charge on any atom is -0.507 e. The van der Waals surface area contributed by atoms with Gasteiger partial charge in [-0.3, -0.25) is 9.59 Å². The number of carbonyl (C=O) groups excluding carboxylic acids is 2. The van der Waals surface area contributed by atoms with Crippen LogP contribution >= 0.6 is 0 Å². The third kappa shape index (κ3) is 3.99. The minimum atomic E-state index is -0.199. The maximum atomic E-state index is 10.6. The zero-order valence-electron chi connectivity index (χ0n) is 12.1. The number of hydrogen-bond acceptors (Lipinski definition) is 6. The number of phenolic OH excluding ortho intramolecular Hbond substituents is 2. The second-order valence-corrected chi connectivity index (χ2v) is 4.02. The van der Waals surface area contributed by atoms with E-state index in [1.54, 1.807) is 18.2 Å². The average molecular weight is 304 g/mol. The number of benzene rings is 2. The lowest BCUT2D eigenvalue weighted by molar-refractivity contribution is 0.111. The average Bonchev–Trinajstić information content (AvgIpc) is 2.54. The number of hydrogen-bond donors (Lipinski definition) is 2. The molecule has 2 N–H and O–H groups in total. The molecule has 116 valence electrons. The summed E-state index contributed by atoms with van der Waals surface area (Å²) in [6.45, 7) is 0. The largest absolute Gasteiger partial charge is 0.507 e. The smallest absolute Gasteiger partial charge is 0.157 e. The zero-order chi connectivity index (χ0) is 16.5. The molecule has 0 atom stereocenters. The van der Waals surface area contributed by atoms with Gasteiger partial charge in [0.1, 0.15) is 23.0 Å². The van der Waals surface area contributed by atoms with E-state index >= 15 is 0 Å². The van der Waals surface area contributed by atoms with Crippen LogP contribution in [0.2, 0.25) is 0 Å². The van der Waals surface area contributed by atoms with E-state index in [0.717, 1.165) is 6.29 Å². The summed E-state index contributed by atoms with van der Waals surface area (Å²) in [7, 11) is 3.03. The Balaban J connectivity index is 0.000000224. The van der Waals surface area contributed by atoms with Crippen LogP contribution in [0.25, 0.3) is 0 Å². The van der Waals surface area contributed by atoms with Crippen molar-refractivity contribution in [1.29, 1.82) is 0 Å². The molecule has 6 heteroatoms. The van der Waals surface area contributed by atoms with Gasteiger partial charge in [0, 0.05) is 0 Å². The lowest BCUT2D eigenvalue weighted by Crippen LogP contribution is -1.94. The Morgan fingerprint density at radius 1 is 0.773 bits per heavy atom. The van der Waals surface area contributed by atoms with Crippen molar-refractivity contribution in [1.82, 2.24) is 0 Å². The molecule has 0 spiro atoms. The molecule has 22 heavy (non-hydrogen) atoms. The predicted molar refractivity (Wildman–Crippen MR) is 80.1 cm³/mol. The van der Waals surface area contributed by atoms with Crippen molar-refractivity contribution in [3.63, 3.8) is 0 Å². The van der Waals surface area contributed by atoms with Crippen LogP contribution < -0.4 is 9.47 Å². The maximum Gasteiger partial charge on any atom is 0.157 e. The van der Waals surface area contributed by atoms with Crippen LogP contribution in [0.3, 0.4) is 0 Å². The summed E-state index contributed by atoms with van der Waals surface area (Å²) >= 11 is 0. The normalized spacial score (nSPS) is 9.18. The second kappa shape index (κ2) is 8.31. The van der Waals surface area contributed by atoms with Gasteiger partial charge in [0.05, 0.1) is 25.3 Å². The maximum absolute atomic E-state index is 10.6. The number of carbonyl (C=O) groups is 2. The number of rotatable bonds is 4. The van der Waals surface area contributed by atoms with Gasteiger partial charge in [0.25, 0.3) is 0 Å². The van der Waals surface area contributed by atoms with Crippen LogP contribution in [0.5, 0.6) is 23.0 Å². The predicted octanol–water partition coefficient (Wildman–Crippen LogP) is 2.43. The van der Waals surface area contributed by atoms with E-state index < -0.39 is 0 Å². The lowest BCUT2D eigenvalue weighted by atomic mass is 10.2. The Kier molecular flexibility index (Phi) is 6.43. The molecule has 0 fully saturated rings. The molecular weight excluding hydrogens is 288 g/mol. The zero-order valence-corrected chi connectivity index (χ0v) is 12.1. The van der Waals surface area contributed by atoms with E-state index in [-0.39, 0.29) is 17.1 Å². The van der Waals surface area contributed by atoms with Crippen LogP contribution in [0.4, 0.5) is 0 Å². The van der Waals surface area contributed by atoms with Gasteiger partial charge >= 0.3 is 0 Å². The molecule has 0 heterocycles. The van der Waals surface area contributed by atoms with Crippen molar-refractivity contribution >= 4 is 12.6 Å². The highest BCUT2D eigenvalue weighted by molar-refractivity contribution is 5.83. The van der Waals surface area contributed by atoms with Crippen LogP contribution in [-0.2, 0) is 0 Å².